The Morgan fingerprint density at radius 1 is 0.531 bits per heavy atom. The summed E-state index contributed by atoms with van der Waals surface area (Å²) in [6, 6.07) is 15.1. The number of nitrogens with one attached hydrogen (secondary N) is 4. The van der Waals surface area contributed by atoms with Crippen LogP contribution in [0.3, 0.4) is 0 Å². The van der Waals surface area contributed by atoms with Crippen LogP contribution >= 0.6 is 0 Å². The summed E-state index contributed by atoms with van der Waals surface area (Å²) in [5, 5.41) is 47.3. The predicted octanol–water partition coefficient (Wildman–Crippen LogP) is 0.332. The zero-order valence-corrected chi connectivity index (χ0v) is 44.8. The maximum atomic E-state index is 14.4. The van der Waals surface area contributed by atoms with Crippen LogP contribution in [-0.2, 0) is 89.3 Å². The average Bonchev–Trinajstić information content (AvgIpc) is 3.42. The van der Waals surface area contributed by atoms with Gasteiger partial charge in [0.1, 0.15) is 37.2 Å². The van der Waals surface area contributed by atoms with Gasteiger partial charge in [0, 0.05) is 76.8 Å². The number of ketones is 2. The Morgan fingerprint density at radius 2 is 1.10 bits per heavy atom. The van der Waals surface area contributed by atoms with Crippen LogP contribution in [0.15, 0.2) is 60.7 Å². The molecule has 28 nitrogen and oxygen atoms in total. The van der Waals surface area contributed by atoms with E-state index >= 15 is 0 Å². The molecule has 0 heterocycles. The second-order valence-corrected chi connectivity index (χ2v) is 18.6. The Balaban J connectivity index is 2.09. The van der Waals surface area contributed by atoms with E-state index in [9.17, 15) is 77.6 Å². The molecule has 0 aliphatic carbocycles. The first kappa shape index (κ1) is 68.7. The summed E-state index contributed by atoms with van der Waals surface area (Å²) < 4.78 is 19.6. The number of nitrogens with zero attached hydrogens (tertiary/aromatic N) is 3. The van der Waals surface area contributed by atoms with Crippen molar-refractivity contribution in [2.75, 3.05) is 65.8 Å². The minimum Gasteiger partial charge on any atom is -0.481 e. The minimum atomic E-state index is -1.51. The zero-order valence-electron chi connectivity index (χ0n) is 44.8. The molecule has 0 saturated carbocycles. The number of aliphatic carboxylic acids is 4. The van der Waals surface area contributed by atoms with Crippen molar-refractivity contribution in [1.29, 1.82) is 0 Å². The Hall–Kier alpha value is -8.37. The smallest absolute Gasteiger partial charge is 0.326 e. The van der Waals surface area contributed by atoms with E-state index < -0.39 is 97.3 Å². The van der Waals surface area contributed by atoms with Crippen molar-refractivity contribution < 1.29 is 102 Å². The molecule has 81 heavy (non-hydrogen) atoms. The summed E-state index contributed by atoms with van der Waals surface area (Å²) >= 11 is 0. The zero-order chi connectivity index (χ0) is 59.8. The molecule has 4 amide bonds. The molecule has 2 aromatic rings. The highest BCUT2D eigenvalue weighted by Gasteiger charge is 2.28. The minimum absolute atomic E-state index is 0.00265. The maximum Gasteiger partial charge on any atom is 0.326 e. The standard InChI is InChI=1S/C53H73N7O21/c61-34-78-32-59(24-22-58(30-49(70)71)23-25-60(31-50(72)73)33-79-35-62)29-43(66)28-40(26-38-8-3-1-4-9-38)51(74)55-41(27-39-10-5-2-6-11-39)13-15-44(80-36-63)16-18-46(67)54-21-7-12-42(65)14-17-45(52(75)76)56-53(77)57-47(81-37-64)19-20-48(68)69/h1-6,8-11,34-37,40-41,44-45,47H,7,12-33H2,(H,54,67)(H,55,74)(H,68,69)(H,70,71)(H,72,73)(H,75,76)(H2,56,57,77)/t40?,41?,44-,45+,47-/m1/s1. The first-order chi connectivity index (χ1) is 38.8. The van der Waals surface area contributed by atoms with E-state index in [0.717, 1.165) is 11.1 Å². The van der Waals surface area contributed by atoms with Gasteiger partial charge in [-0.2, -0.15) is 0 Å². The number of hydrogen-bond donors (Lipinski definition) is 8. The number of amides is 4. The lowest BCUT2D eigenvalue weighted by Gasteiger charge is -2.28. The van der Waals surface area contributed by atoms with Crippen molar-refractivity contribution in [2.45, 2.75) is 108 Å². The summed E-state index contributed by atoms with van der Waals surface area (Å²) in [7, 11) is 0. The molecular weight excluding hydrogens is 1070 g/mol. The fourth-order valence-electron chi connectivity index (χ4n) is 8.23. The number of ether oxygens (including phenoxy) is 4. The molecular formula is C53H73N7O21. The molecule has 0 aromatic heterocycles. The van der Waals surface area contributed by atoms with E-state index in [0.29, 0.717) is 6.42 Å². The largest absolute Gasteiger partial charge is 0.481 e. The van der Waals surface area contributed by atoms with E-state index in [1.165, 1.54) is 14.7 Å². The van der Waals surface area contributed by atoms with Gasteiger partial charge in [-0.3, -0.25) is 67.4 Å². The Bertz CT molecular complexity index is 2310. The summed E-state index contributed by atoms with van der Waals surface area (Å²) in [5.41, 5.74) is 1.62. The lowest BCUT2D eigenvalue weighted by atomic mass is 9.91. The molecule has 0 aliphatic rings. The molecule has 0 bridgehead atoms. The maximum absolute atomic E-state index is 14.4. The molecule has 2 aromatic carbocycles. The van der Waals surface area contributed by atoms with E-state index in [2.05, 4.69) is 30.7 Å². The average molecular weight is 1140 g/mol. The number of hydrogen-bond acceptors (Lipinski definition) is 20. The van der Waals surface area contributed by atoms with Crippen molar-refractivity contribution >= 4 is 79.2 Å². The van der Waals surface area contributed by atoms with Crippen LogP contribution in [0.25, 0.3) is 0 Å². The van der Waals surface area contributed by atoms with E-state index in [4.69, 9.17) is 14.6 Å². The van der Waals surface area contributed by atoms with Crippen LogP contribution < -0.4 is 21.3 Å². The fourth-order valence-corrected chi connectivity index (χ4v) is 8.23. The van der Waals surface area contributed by atoms with Gasteiger partial charge < -0.3 is 60.6 Å². The highest BCUT2D eigenvalue weighted by Crippen LogP contribution is 2.19. The second-order valence-electron chi connectivity index (χ2n) is 18.6. The van der Waals surface area contributed by atoms with Gasteiger partial charge >= 0.3 is 29.9 Å². The van der Waals surface area contributed by atoms with Gasteiger partial charge in [0.05, 0.1) is 26.1 Å². The Morgan fingerprint density at radius 3 is 1.65 bits per heavy atom. The van der Waals surface area contributed by atoms with Crippen molar-refractivity contribution in [3.63, 3.8) is 0 Å². The third-order valence-corrected chi connectivity index (χ3v) is 12.3. The monoisotopic (exact) mass is 1140 g/mol. The van der Waals surface area contributed by atoms with Crippen LogP contribution in [0.5, 0.6) is 0 Å². The van der Waals surface area contributed by atoms with Crippen molar-refractivity contribution in [1.82, 2.24) is 36.0 Å². The number of rotatable bonds is 49. The van der Waals surface area contributed by atoms with E-state index in [1.54, 1.807) is 30.3 Å². The fraction of sp³-hybridized carbons (Fsp3) is 0.528. The normalized spacial score (nSPS) is 12.8. The number of carboxylic acids is 4. The molecule has 0 aliphatic heterocycles. The molecule has 0 spiro atoms. The predicted molar refractivity (Wildman–Crippen MR) is 281 cm³/mol. The number of benzene rings is 2. The van der Waals surface area contributed by atoms with Crippen molar-refractivity contribution in [3.05, 3.63) is 71.8 Å². The highest BCUT2D eigenvalue weighted by molar-refractivity contribution is 5.88. The summed E-state index contributed by atoms with van der Waals surface area (Å²) in [6.07, 6.45) is -2.52. The third kappa shape index (κ3) is 33.0. The van der Waals surface area contributed by atoms with E-state index in [-0.39, 0.29) is 155 Å². The van der Waals surface area contributed by atoms with Gasteiger partial charge in [-0.05, 0) is 56.1 Å². The van der Waals surface area contributed by atoms with Gasteiger partial charge in [0.25, 0.3) is 25.9 Å². The van der Waals surface area contributed by atoms with Gasteiger partial charge in [-0.15, -0.1) is 0 Å². The van der Waals surface area contributed by atoms with Gasteiger partial charge in [-0.25, -0.2) is 9.59 Å². The Kier molecular flexibility index (Phi) is 34.6. The van der Waals surface area contributed by atoms with Gasteiger partial charge in [0.2, 0.25) is 11.8 Å². The van der Waals surface area contributed by atoms with E-state index in [1.807, 2.05) is 30.3 Å². The van der Waals surface area contributed by atoms with Crippen LogP contribution in [-0.4, -0.2) is 205 Å². The quantitative estimate of drug-likeness (QED) is 0.0192. The van der Waals surface area contributed by atoms with Crippen LogP contribution in [0, 0.1) is 5.92 Å². The lowest BCUT2D eigenvalue weighted by Crippen LogP contribution is -2.49. The molecule has 5 atom stereocenters. The molecule has 446 valence electrons. The number of urea groups is 1. The number of carbonyl (C=O) groups excluding carboxylic acids is 9. The molecule has 28 heteroatoms. The highest BCUT2D eigenvalue weighted by atomic mass is 16.5. The third-order valence-electron chi connectivity index (χ3n) is 12.3. The summed E-state index contributed by atoms with van der Waals surface area (Å²) in [5.74, 6) is -7.63. The van der Waals surface area contributed by atoms with Crippen molar-refractivity contribution in [2.24, 2.45) is 5.92 Å². The summed E-state index contributed by atoms with van der Waals surface area (Å²) in [4.78, 5) is 160. The molecule has 0 fully saturated rings. The molecule has 8 N–H and O–H groups in total. The number of Topliss-reactive ketones (excluding diaryl/α,β-unsaturated/α-hetero) is 2. The second kappa shape index (κ2) is 40.8. The summed E-state index contributed by atoms with van der Waals surface area (Å²) in [6.45, 7) is -1.29. The molecule has 0 saturated heterocycles. The van der Waals surface area contributed by atoms with Crippen LogP contribution in [0.4, 0.5) is 4.79 Å². The van der Waals surface area contributed by atoms with Gasteiger partial charge in [0.15, 0.2) is 6.23 Å². The number of carboxylic acid groups (broad SMARTS) is 4. The molecule has 2 rings (SSSR count). The Labute approximate surface area is 467 Å². The van der Waals surface area contributed by atoms with Crippen molar-refractivity contribution in [3.8, 4) is 0 Å². The molecule has 2 unspecified atom stereocenters. The number of carbonyl (C=O) groups is 13. The first-order valence-corrected chi connectivity index (χ1v) is 25.9. The first-order valence-electron chi connectivity index (χ1n) is 25.9. The van der Waals surface area contributed by atoms with Crippen LogP contribution in [0.1, 0.15) is 81.8 Å². The topological polar surface area (TPSA) is 398 Å². The SMILES string of the molecule is O=COCN(CCN(CCN(COC=O)CC(=O)CC(Cc1ccccc1)C(=O)NC(CC[C@H](CCC(=O)NCCCC(=O)CC[C@H](NC(=O)N[C@@H](CCC(=O)O)OC=O)C(=O)O)OC=O)Cc1ccccc1)CC(=O)O)CC(=O)O. The van der Waals surface area contributed by atoms with Crippen LogP contribution in [0.2, 0.25) is 0 Å². The molecule has 0 radical (unpaired) electrons. The van der Waals surface area contributed by atoms with Gasteiger partial charge in [-0.1, -0.05) is 60.7 Å². The lowest BCUT2D eigenvalue weighted by molar-refractivity contribution is -0.144.